The van der Waals surface area contributed by atoms with Crippen LogP contribution in [0.1, 0.15) is 23.7 Å². The molecule has 3 aromatic rings. The zero-order valence-electron chi connectivity index (χ0n) is 15.5. The van der Waals surface area contributed by atoms with Crippen LogP contribution in [0.4, 0.5) is 0 Å². The molecule has 2 aliphatic rings. The molecule has 7 heteroatoms. The van der Waals surface area contributed by atoms with Crippen molar-refractivity contribution >= 4 is 11.6 Å². The molecule has 0 fully saturated rings. The van der Waals surface area contributed by atoms with Crippen LogP contribution in [0.25, 0.3) is 0 Å². The molecule has 5 rings (SSSR count). The molecule has 0 aliphatic carbocycles. The maximum atomic E-state index is 6.26. The summed E-state index contributed by atoms with van der Waals surface area (Å²) in [5.74, 6) is 3.06. The Labute approximate surface area is 168 Å². The summed E-state index contributed by atoms with van der Waals surface area (Å²) in [6.45, 7) is 5.46. The second-order valence-electron chi connectivity index (χ2n) is 6.98. The van der Waals surface area contributed by atoms with Gasteiger partial charge in [0.25, 0.3) is 0 Å². The molecule has 2 aromatic carbocycles. The van der Waals surface area contributed by atoms with Crippen molar-refractivity contribution in [2.75, 3.05) is 6.79 Å². The van der Waals surface area contributed by atoms with E-state index in [1.54, 1.807) is 0 Å². The molecule has 0 spiro atoms. The predicted molar refractivity (Wildman–Crippen MR) is 105 cm³/mol. The molecule has 3 heterocycles. The highest BCUT2D eigenvalue weighted by atomic mass is 35.5. The normalized spacial score (nSPS) is 15.4. The SMILES string of the molecule is CCn1cncc1CN1Cc2cc(Cl)ccc2Oc2cc3c(cc2C1)OCO3. The summed E-state index contributed by atoms with van der Waals surface area (Å²) in [5, 5.41) is 0.701. The third-order valence-electron chi connectivity index (χ3n) is 5.11. The highest BCUT2D eigenvalue weighted by Gasteiger charge is 2.24. The van der Waals surface area contributed by atoms with Crippen LogP contribution >= 0.6 is 11.6 Å². The van der Waals surface area contributed by atoms with Gasteiger partial charge in [-0.25, -0.2) is 4.98 Å². The number of benzene rings is 2. The van der Waals surface area contributed by atoms with E-state index in [4.69, 9.17) is 25.8 Å². The summed E-state index contributed by atoms with van der Waals surface area (Å²) < 4.78 is 19.5. The fraction of sp³-hybridized carbons (Fsp3) is 0.286. The van der Waals surface area contributed by atoms with Crippen molar-refractivity contribution in [1.82, 2.24) is 14.5 Å². The quantitative estimate of drug-likeness (QED) is 0.646. The lowest BCUT2D eigenvalue weighted by Crippen LogP contribution is -2.25. The summed E-state index contributed by atoms with van der Waals surface area (Å²) in [7, 11) is 0. The Morgan fingerprint density at radius 3 is 2.61 bits per heavy atom. The maximum absolute atomic E-state index is 6.26. The van der Waals surface area contributed by atoms with Crippen LogP contribution in [0, 0.1) is 0 Å². The van der Waals surface area contributed by atoms with Crippen LogP contribution in [0.2, 0.25) is 5.02 Å². The number of aromatic nitrogens is 2. The molecule has 144 valence electrons. The fourth-order valence-corrected chi connectivity index (χ4v) is 3.91. The van der Waals surface area contributed by atoms with E-state index in [2.05, 4.69) is 21.4 Å². The number of imidazole rings is 1. The van der Waals surface area contributed by atoms with E-state index < -0.39 is 0 Å². The van der Waals surface area contributed by atoms with Gasteiger partial charge in [0.2, 0.25) is 6.79 Å². The smallest absolute Gasteiger partial charge is 0.231 e. The predicted octanol–water partition coefficient (Wildman–Crippen LogP) is 4.59. The molecule has 2 aliphatic heterocycles. The van der Waals surface area contributed by atoms with Crippen molar-refractivity contribution < 1.29 is 14.2 Å². The third-order valence-corrected chi connectivity index (χ3v) is 5.35. The Bertz CT molecular complexity index is 1030. The molecule has 0 unspecified atom stereocenters. The summed E-state index contributed by atoms with van der Waals surface area (Å²) >= 11 is 6.26. The van der Waals surface area contributed by atoms with Gasteiger partial charge in [-0.2, -0.15) is 0 Å². The fourth-order valence-electron chi connectivity index (χ4n) is 3.72. The Morgan fingerprint density at radius 1 is 1.00 bits per heavy atom. The molecule has 28 heavy (non-hydrogen) atoms. The molecule has 0 amide bonds. The number of halogens is 1. The second kappa shape index (κ2) is 7.04. The van der Waals surface area contributed by atoms with Gasteiger partial charge in [-0.3, -0.25) is 4.90 Å². The number of hydrogen-bond donors (Lipinski definition) is 0. The van der Waals surface area contributed by atoms with Crippen LogP contribution in [-0.4, -0.2) is 21.2 Å². The van der Waals surface area contributed by atoms with Gasteiger partial charge in [-0.05, 0) is 31.2 Å². The van der Waals surface area contributed by atoms with Crippen molar-refractivity contribution in [1.29, 1.82) is 0 Å². The summed E-state index contributed by atoms with van der Waals surface area (Å²) in [6, 6.07) is 9.68. The van der Waals surface area contributed by atoms with Gasteiger partial charge in [0.15, 0.2) is 11.5 Å². The van der Waals surface area contributed by atoms with E-state index in [1.165, 1.54) is 5.69 Å². The molecule has 0 atom stereocenters. The van der Waals surface area contributed by atoms with Crippen LogP contribution in [0.3, 0.4) is 0 Å². The first-order chi connectivity index (χ1) is 13.7. The van der Waals surface area contributed by atoms with Gasteiger partial charge in [-0.1, -0.05) is 11.6 Å². The molecule has 0 saturated carbocycles. The lowest BCUT2D eigenvalue weighted by atomic mass is 10.1. The first-order valence-electron chi connectivity index (χ1n) is 9.30. The van der Waals surface area contributed by atoms with Gasteiger partial charge in [0, 0.05) is 54.6 Å². The van der Waals surface area contributed by atoms with Crippen LogP contribution in [-0.2, 0) is 26.2 Å². The van der Waals surface area contributed by atoms with E-state index >= 15 is 0 Å². The van der Waals surface area contributed by atoms with Crippen molar-refractivity contribution in [3.05, 3.63) is 64.7 Å². The lowest BCUT2D eigenvalue weighted by molar-refractivity contribution is 0.174. The minimum absolute atomic E-state index is 0.240. The van der Waals surface area contributed by atoms with Gasteiger partial charge in [0.05, 0.1) is 12.0 Å². The first kappa shape index (κ1) is 17.4. The maximum Gasteiger partial charge on any atom is 0.231 e. The monoisotopic (exact) mass is 397 g/mol. The highest BCUT2D eigenvalue weighted by Crippen LogP contribution is 2.42. The van der Waals surface area contributed by atoms with Crippen molar-refractivity contribution in [3.8, 4) is 23.0 Å². The first-order valence-corrected chi connectivity index (χ1v) is 9.67. The van der Waals surface area contributed by atoms with Crippen LogP contribution in [0.5, 0.6) is 23.0 Å². The van der Waals surface area contributed by atoms with Gasteiger partial charge < -0.3 is 18.8 Å². The Balaban J connectivity index is 1.56. The summed E-state index contributed by atoms with van der Waals surface area (Å²) in [5.41, 5.74) is 3.29. The molecule has 6 nitrogen and oxygen atoms in total. The van der Waals surface area contributed by atoms with Gasteiger partial charge >= 0.3 is 0 Å². The summed E-state index contributed by atoms with van der Waals surface area (Å²) in [4.78, 5) is 6.67. The average molecular weight is 398 g/mol. The zero-order chi connectivity index (χ0) is 19.1. The van der Waals surface area contributed by atoms with Crippen LogP contribution < -0.4 is 14.2 Å². The number of rotatable bonds is 3. The topological polar surface area (TPSA) is 48.8 Å². The molecular formula is C21H20ClN3O3. The van der Waals surface area contributed by atoms with E-state index in [0.717, 1.165) is 48.0 Å². The Morgan fingerprint density at radius 2 is 1.79 bits per heavy atom. The van der Waals surface area contributed by atoms with E-state index in [9.17, 15) is 0 Å². The number of aryl methyl sites for hydroxylation is 1. The van der Waals surface area contributed by atoms with Crippen LogP contribution in [0.15, 0.2) is 42.9 Å². The number of nitrogens with zero attached hydrogens (tertiary/aromatic N) is 3. The van der Waals surface area contributed by atoms with Gasteiger partial charge in [-0.15, -0.1) is 0 Å². The van der Waals surface area contributed by atoms with Crippen molar-refractivity contribution in [3.63, 3.8) is 0 Å². The molecule has 0 saturated heterocycles. The number of hydrogen-bond acceptors (Lipinski definition) is 5. The standard InChI is InChI=1S/C21H20ClN3O3/c1-2-25-12-23-8-17(25)11-24-9-14-5-16(22)3-4-18(14)28-19-7-21-20(26-13-27-21)6-15(19)10-24/h3-8,12H,2,9-11,13H2,1H3. The summed E-state index contributed by atoms with van der Waals surface area (Å²) in [6.07, 6.45) is 3.80. The van der Waals surface area contributed by atoms with E-state index in [0.29, 0.717) is 17.3 Å². The highest BCUT2D eigenvalue weighted by molar-refractivity contribution is 6.30. The molecular weight excluding hydrogens is 378 g/mol. The number of fused-ring (bicyclic) bond motifs is 3. The van der Waals surface area contributed by atoms with Gasteiger partial charge in [0.1, 0.15) is 11.5 Å². The van der Waals surface area contributed by atoms with Crippen molar-refractivity contribution in [2.24, 2.45) is 0 Å². The van der Waals surface area contributed by atoms with E-state index in [1.807, 2.05) is 42.9 Å². The second-order valence-corrected chi connectivity index (χ2v) is 7.42. The largest absolute Gasteiger partial charge is 0.457 e. The third kappa shape index (κ3) is 3.19. The Hall–Kier alpha value is -2.70. The van der Waals surface area contributed by atoms with Crippen molar-refractivity contribution in [2.45, 2.75) is 33.1 Å². The lowest BCUT2D eigenvalue weighted by Gasteiger charge is -2.28. The Kier molecular flexibility index (Phi) is 4.37. The molecule has 0 N–H and O–H groups in total. The molecule has 1 aromatic heterocycles. The molecule has 0 radical (unpaired) electrons. The molecule has 0 bridgehead atoms. The minimum atomic E-state index is 0.240. The minimum Gasteiger partial charge on any atom is -0.457 e. The van der Waals surface area contributed by atoms with E-state index in [-0.39, 0.29) is 6.79 Å². The number of ether oxygens (including phenoxy) is 3. The zero-order valence-corrected chi connectivity index (χ0v) is 16.3. The average Bonchev–Trinajstić information content (AvgIpc) is 3.31.